The molecule has 0 spiro atoms. The molecule has 2 N–H and O–H groups in total. The van der Waals surface area contributed by atoms with E-state index in [0.717, 1.165) is 22.2 Å². The second-order valence-corrected chi connectivity index (χ2v) is 7.18. The third kappa shape index (κ3) is 4.94. The number of carboxylic acids is 1. The van der Waals surface area contributed by atoms with E-state index < -0.39 is 29.9 Å². The lowest BCUT2D eigenvalue weighted by Crippen LogP contribution is -2.43. The minimum absolute atomic E-state index is 0.0151. The van der Waals surface area contributed by atoms with Crippen molar-refractivity contribution in [1.82, 2.24) is 10.2 Å². The van der Waals surface area contributed by atoms with E-state index in [1.807, 2.05) is 6.07 Å². The zero-order chi connectivity index (χ0) is 20.8. The maximum atomic E-state index is 12.3. The van der Waals surface area contributed by atoms with Gasteiger partial charge in [0.25, 0.3) is 11.8 Å². The molecule has 150 valence electrons. The summed E-state index contributed by atoms with van der Waals surface area (Å²) in [6.45, 7) is 0.0151. The van der Waals surface area contributed by atoms with Crippen LogP contribution in [-0.2, 0) is 16.1 Å². The standard InChI is InChI=1S/C20H18N2O6S/c23-17-14-8-4-5-9-15(14)18(24)22(17)12-29-11-16(19(25)26)21-20(27)28-10-13-6-2-1-3-7-13/h1-9,16H,10-12H2,(H,21,27)(H,25,26). The number of alkyl carbamates (subject to hydrolysis) is 1. The first-order chi connectivity index (χ1) is 14.0. The Morgan fingerprint density at radius 3 is 2.17 bits per heavy atom. The Labute approximate surface area is 170 Å². The molecule has 2 aromatic rings. The first kappa shape index (κ1) is 20.4. The number of fused-ring (bicyclic) bond motifs is 1. The normalized spacial score (nSPS) is 13.7. The van der Waals surface area contributed by atoms with Gasteiger partial charge < -0.3 is 15.2 Å². The summed E-state index contributed by atoms with van der Waals surface area (Å²) >= 11 is 1.05. The average Bonchev–Trinajstić information content (AvgIpc) is 2.97. The summed E-state index contributed by atoms with van der Waals surface area (Å²) in [7, 11) is 0. The van der Waals surface area contributed by atoms with E-state index in [1.165, 1.54) is 0 Å². The van der Waals surface area contributed by atoms with Crippen molar-refractivity contribution in [3.8, 4) is 0 Å². The quantitative estimate of drug-likeness (QED) is 0.638. The third-order valence-corrected chi connectivity index (χ3v) is 5.20. The molecule has 0 aliphatic carbocycles. The van der Waals surface area contributed by atoms with E-state index in [4.69, 9.17) is 4.74 Å². The van der Waals surface area contributed by atoms with Gasteiger partial charge in [0, 0.05) is 5.75 Å². The number of imide groups is 1. The number of carbonyl (C=O) groups excluding carboxylic acids is 3. The fourth-order valence-electron chi connectivity index (χ4n) is 2.70. The highest BCUT2D eigenvalue weighted by Gasteiger charge is 2.35. The van der Waals surface area contributed by atoms with Gasteiger partial charge in [0.15, 0.2) is 0 Å². The molecule has 9 heteroatoms. The van der Waals surface area contributed by atoms with E-state index in [2.05, 4.69) is 5.32 Å². The van der Waals surface area contributed by atoms with E-state index in [-0.39, 0.29) is 18.2 Å². The summed E-state index contributed by atoms with van der Waals surface area (Å²) < 4.78 is 5.02. The lowest BCUT2D eigenvalue weighted by molar-refractivity contribution is -0.138. The fraction of sp³-hybridized carbons (Fsp3) is 0.200. The van der Waals surface area contributed by atoms with Crippen molar-refractivity contribution in [3.05, 3.63) is 71.3 Å². The summed E-state index contributed by atoms with van der Waals surface area (Å²) in [6.07, 6.45) is -0.859. The van der Waals surface area contributed by atoms with Gasteiger partial charge in [-0.3, -0.25) is 14.5 Å². The SMILES string of the molecule is O=C(NC(CSCN1C(=O)c2ccccc2C1=O)C(=O)O)OCc1ccccc1. The van der Waals surface area contributed by atoms with Gasteiger partial charge in [-0.25, -0.2) is 9.59 Å². The van der Waals surface area contributed by atoms with Gasteiger partial charge in [0.2, 0.25) is 0 Å². The number of amides is 3. The van der Waals surface area contributed by atoms with Crippen molar-refractivity contribution in [1.29, 1.82) is 0 Å². The maximum Gasteiger partial charge on any atom is 0.408 e. The molecule has 1 aliphatic rings. The maximum absolute atomic E-state index is 12.3. The minimum atomic E-state index is -1.24. The van der Waals surface area contributed by atoms with Gasteiger partial charge in [0.05, 0.1) is 17.0 Å². The lowest BCUT2D eigenvalue weighted by atomic mass is 10.1. The van der Waals surface area contributed by atoms with Crippen molar-refractivity contribution in [2.45, 2.75) is 12.6 Å². The molecule has 1 atom stereocenters. The molecule has 0 bridgehead atoms. The monoisotopic (exact) mass is 414 g/mol. The number of carbonyl (C=O) groups is 4. The molecular weight excluding hydrogens is 396 g/mol. The van der Waals surface area contributed by atoms with Crippen LogP contribution in [0.1, 0.15) is 26.3 Å². The number of hydrogen-bond acceptors (Lipinski definition) is 6. The van der Waals surface area contributed by atoms with Crippen molar-refractivity contribution in [3.63, 3.8) is 0 Å². The van der Waals surface area contributed by atoms with Crippen LogP contribution in [0.15, 0.2) is 54.6 Å². The van der Waals surface area contributed by atoms with Crippen LogP contribution in [0.5, 0.6) is 0 Å². The van der Waals surface area contributed by atoms with Gasteiger partial charge in [-0.05, 0) is 17.7 Å². The van der Waals surface area contributed by atoms with Gasteiger partial charge in [0.1, 0.15) is 12.6 Å². The van der Waals surface area contributed by atoms with E-state index in [9.17, 15) is 24.3 Å². The van der Waals surface area contributed by atoms with Crippen LogP contribution in [0.2, 0.25) is 0 Å². The highest BCUT2D eigenvalue weighted by Crippen LogP contribution is 2.24. The topological polar surface area (TPSA) is 113 Å². The van der Waals surface area contributed by atoms with Crippen molar-refractivity contribution in [2.75, 3.05) is 11.6 Å². The highest BCUT2D eigenvalue weighted by molar-refractivity contribution is 7.99. The molecule has 2 aromatic carbocycles. The Morgan fingerprint density at radius 1 is 1.00 bits per heavy atom. The zero-order valence-corrected chi connectivity index (χ0v) is 16.1. The molecular formula is C20H18N2O6S. The zero-order valence-electron chi connectivity index (χ0n) is 15.2. The van der Waals surface area contributed by atoms with Crippen LogP contribution < -0.4 is 5.32 Å². The van der Waals surface area contributed by atoms with Crippen LogP contribution in [0.4, 0.5) is 4.79 Å². The molecule has 0 aromatic heterocycles. The Kier molecular flexibility index (Phi) is 6.50. The van der Waals surface area contributed by atoms with Gasteiger partial charge >= 0.3 is 12.1 Å². The summed E-state index contributed by atoms with van der Waals surface area (Å²) in [6, 6.07) is 14.3. The number of carboxylic acid groups (broad SMARTS) is 1. The van der Waals surface area contributed by atoms with Crippen LogP contribution >= 0.6 is 11.8 Å². The molecule has 0 saturated carbocycles. The Morgan fingerprint density at radius 2 is 1.59 bits per heavy atom. The number of rotatable bonds is 8. The summed E-state index contributed by atoms with van der Waals surface area (Å²) in [5.41, 5.74) is 1.43. The molecule has 0 saturated heterocycles. The number of nitrogens with one attached hydrogen (secondary N) is 1. The van der Waals surface area contributed by atoms with E-state index >= 15 is 0 Å². The summed E-state index contributed by atoms with van der Waals surface area (Å²) in [4.78, 5) is 48.9. The largest absolute Gasteiger partial charge is 0.480 e. The van der Waals surface area contributed by atoms with Crippen LogP contribution in [0.3, 0.4) is 0 Å². The fourth-order valence-corrected chi connectivity index (χ4v) is 3.68. The second kappa shape index (κ2) is 9.24. The Bertz CT molecular complexity index is 899. The minimum Gasteiger partial charge on any atom is -0.480 e. The summed E-state index contributed by atoms with van der Waals surface area (Å²) in [5, 5.41) is 11.6. The molecule has 1 aliphatic heterocycles. The average molecular weight is 414 g/mol. The highest BCUT2D eigenvalue weighted by atomic mass is 32.2. The predicted molar refractivity (Wildman–Crippen MR) is 105 cm³/mol. The molecule has 29 heavy (non-hydrogen) atoms. The van der Waals surface area contributed by atoms with E-state index in [0.29, 0.717) is 11.1 Å². The number of benzene rings is 2. The predicted octanol–water partition coefficient (Wildman–Crippen LogP) is 2.35. The number of ether oxygens (including phenoxy) is 1. The van der Waals surface area contributed by atoms with Crippen LogP contribution in [-0.4, -0.2) is 51.6 Å². The van der Waals surface area contributed by atoms with Gasteiger partial charge in [-0.15, -0.1) is 11.8 Å². The molecule has 1 unspecified atom stereocenters. The number of nitrogens with zero attached hydrogens (tertiary/aromatic N) is 1. The second-order valence-electron chi connectivity index (χ2n) is 6.18. The van der Waals surface area contributed by atoms with Crippen LogP contribution in [0.25, 0.3) is 0 Å². The molecule has 1 heterocycles. The Balaban J connectivity index is 1.49. The van der Waals surface area contributed by atoms with Gasteiger partial charge in [-0.2, -0.15) is 0 Å². The molecule has 3 rings (SSSR count). The first-order valence-electron chi connectivity index (χ1n) is 8.70. The lowest BCUT2D eigenvalue weighted by Gasteiger charge is -2.17. The molecule has 3 amide bonds. The first-order valence-corrected chi connectivity index (χ1v) is 9.86. The Hall–Kier alpha value is -3.33. The number of hydrogen-bond donors (Lipinski definition) is 2. The molecule has 8 nitrogen and oxygen atoms in total. The van der Waals surface area contributed by atoms with Crippen molar-refractivity contribution in [2.24, 2.45) is 0 Å². The van der Waals surface area contributed by atoms with E-state index in [1.54, 1.807) is 48.5 Å². The number of thioether (sulfide) groups is 1. The van der Waals surface area contributed by atoms with Crippen LogP contribution in [0, 0.1) is 0 Å². The van der Waals surface area contributed by atoms with Crippen molar-refractivity contribution >= 4 is 35.6 Å². The molecule has 0 fully saturated rings. The smallest absolute Gasteiger partial charge is 0.408 e. The van der Waals surface area contributed by atoms with Crippen molar-refractivity contribution < 1.29 is 29.0 Å². The number of aliphatic carboxylic acids is 1. The third-order valence-electron chi connectivity index (χ3n) is 4.19. The summed E-state index contributed by atoms with van der Waals surface area (Å²) in [5.74, 6) is -2.13. The molecule has 0 radical (unpaired) electrons. The van der Waals surface area contributed by atoms with Gasteiger partial charge in [-0.1, -0.05) is 42.5 Å².